The molecule has 0 aliphatic rings. The van der Waals surface area contributed by atoms with Crippen LogP contribution in [0.4, 0.5) is 4.39 Å². The average Bonchev–Trinajstić information content (AvgIpc) is 3.03. The molecule has 0 amide bonds. The Bertz CT molecular complexity index is 1260. The van der Waals surface area contributed by atoms with Crippen LogP contribution in [0, 0.1) is 24.1 Å². The van der Waals surface area contributed by atoms with E-state index in [4.69, 9.17) is 0 Å². The first-order valence-electron chi connectivity index (χ1n) is 9.47. The molecule has 6 heteroatoms. The fraction of sp³-hybridized carbons (Fsp3) is 0.208. The lowest BCUT2D eigenvalue weighted by molar-refractivity contribution is 0.545. The van der Waals surface area contributed by atoms with E-state index in [2.05, 4.69) is 0 Å². The number of aromatic nitrogens is 1. The first-order chi connectivity index (χ1) is 14.1. The van der Waals surface area contributed by atoms with Gasteiger partial charge in [-0.3, -0.25) is 0 Å². The second-order valence-corrected chi connectivity index (χ2v) is 9.96. The van der Waals surface area contributed by atoms with Gasteiger partial charge in [-0.15, -0.1) is 0 Å². The molecule has 30 heavy (non-hydrogen) atoms. The second-order valence-electron chi connectivity index (χ2n) is 8.04. The molecule has 0 atom stereocenters. The number of allylic oxidation sites excluding steroid dienone is 1. The van der Waals surface area contributed by atoms with Crippen molar-refractivity contribution in [1.82, 2.24) is 4.57 Å². The molecule has 0 spiro atoms. The van der Waals surface area contributed by atoms with Crippen LogP contribution in [0.3, 0.4) is 0 Å². The fourth-order valence-electron chi connectivity index (χ4n) is 3.31. The maximum atomic E-state index is 14.6. The summed E-state index contributed by atoms with van der Waals surface area (Å²) < 4.78 is 42.2. The average molecular weight is 423 g/mol. The van der Waals surface area contributed by atoms with Crippen LogP contribution in [0.2, 0.25) is 0 Å². The number of hydrogen-bond acceptors (Lipinski definition) is 3. The number of benzene rings is 2. The normalized spacial score (nSPS) is 12.6. The van der Waals surface area contributed by atoms with E-state index in [0.29, 0.717) is 16.9 Å². The highest BCUT2D eigenvalue weighted by molar-refractivity contribution is 7.95. The zero-order valence-electron chi connectivity index (χ0n) is 17.3. The summed E-state index contributed by atoms with van der Waals surface area (Å²) in [6.07, 6.45) is 1.37. The minimum Gasteiger partial charge on any atom is -0.314 e. The van der Waals surface area contributed by atoms with Gasteiger partial charge in [0, 0.05) is 16.8 Å². The van der Waals surface area contributed by atoms with Crippen molar-refractivity contribution < 1.29 is 12.8 Å². The summed E-state index contributed by atoms with van der Waals surface area (Å²) in [6.45, 7) is 7.78. The molecule has 0 aliphatic heterocycles. The summed E-state index contributed by atoms with van der Waals surface area (Å²) in [5.74, 6) is -0.380. The van der Waals surface area contributed by atoms with E-state index in [-0.39, 0.29) is 21.0 Å². The standard InChI is InChI=1S/C24H23FN2O2S/c1-17-18(14-20(16-26)30(28,29)19-10-6-5-7-11-19)15-23(24(2,3)4)27(17)22-13-9-8-12-21(22)25/h5-15H,1-4H3/b20-14+. The third kappa shape index (κ3) is 3.94. The maximum Gasteiger partial charge on any atom is 0.216 e. The van der Waals surface area contributed by atoms with Crippen molar-refractivity contribution in [3.8, 4) is 11.8 Å². The van der Waals surface area contributed by atoms with Crippen molar-refractivity contribution in [1.29, 1.82) is 5.26 Å². The lowest BCUT2D eigenvalue weighted by Gasteiger charge is -2.23. The molecule has 154 valence electrons. The Labute approximate surface area is 176 Å². The van der Waals surface area contributed by atoms with Crippen LogP contribution in [-0.4, -0.2) is 13.0 Å². The minimum atomic E-state index is -3.96. The molecule has 2 aromatic carbocycles. The third-order valence-corrected chi connectivity index (χ3v) is 6.57. The molecule has 1 aromatic heterocycles. The summed E-state index contributed by atoms with van der Waals surface area (Å²) in [7, 11) is -3.96. The predicted molar refractivity (Wildman–Crippen MR) is 116 cm³/mol. The minimum absolute atomic E-state index is 0.0556. The Morgan fingerprint density at radius 1 is 1.07 bits per heavy atom. The molecule has 0 unspecified atom stereocenters. The second kappa shape index (κ2) is 7.92. The maximum absolute atomic E-state index is 14.6. The van der Waals surface area contributed by atoms with E-state index in [9.17, 15) is 18.1 Å². The molecule has 1 heterocycles. The van der Waals surface area contributed by atoms with Crippen molar-refractivity contribution in [3.63, 3.8) is 0 Å². The zero-order chi connectivity index (χ0) is 22.1. The SMILES string of the molecule is Cc1c(/C=C(\C#N)S(=O)(=O)c2ccccc2)cc(C(C)(C)C)n1-c1ccccc1F. The van der Waals surface area contributed by atoms with E-state index < -0.39 is 9.84 Å². The quantitative estimate of drug-likeness (QED) is 0.517. The van der Waals surface area contributed by atoms with E-state index in [0.717, 1.165) is 5.69 Å². The van der Waals surface area contributed by atoms with E-state index in [1.807, 2.05) is 32.9 Å². The molecule has 0 N–H and O–H groups in total. The molecule has 0 radical (unpaired) electrons. The highest BCUT2D eigenvalue weighted by Gasteiger charge is 2.26. The van der Waals surface area contributed by atoms with Crippen LogP contribution in [0.25, 0.3) is 11.8 Å². The van der Waals surface area contributed by atoms with Gasteiger partial charge in [-0.2, -0.15) is 5.26 Å². The molecule has 0 bridgehead atoms. The summed E-state index contributed by atoms with van der Waals surface area (Å²) in [4.78, 5) is -0.303. The highest BCUT2D eigenvalue weighted by atomic mass is 32.2. The van der Waals surface area contributed by atoms with Gasteiger partial charge in [-0.1, -0.05) is 51.1 Å². The Hall–Kier alpha value is -3.17. The molecule has 0 aliphatic carbocycles. The Morgan fingerprint density at radius 2 is 1.67 bits per heavy atom. The Balaban J connectivity index is 2.25. The van der Waals surface area contributed by atoms with Gasteiger partial charge in [0.1, 0.15) is 16.8 Å². The predicted octanol–water partition coefficient (Wildman–Crippen LogP) is 5.56. The van der Waals surface area contributed by atoms with Crippen LogP contribution in [0.5, 0.6) is 0 Å². The number of sulfone groups is 1. The van der Waals surface area contributed by atoms with Crippen LogP contribution >= 0.6 is 0 Å². The molecule has 3 rings (SSSR count). The van der Waals surface area contributed by atoms with Gasteiger partial charge in [0.15, 0.2) is 0 Å². The number of nitrogens with zero attached hydrogens (tertiary/aromatic N) is 2. The summed E-state index contributed by atoms with van der Waals surface area (Å²) in [6, 6.07) is 17.9. The number of para-hydroxylation sites is 1. The van der Waals surface area contributed by atoms with Gasteiger partial charge in [0.05, 0.1) is 10.6 Å². The smallest absolute Gasteiger partial charge is 0.216 e. The van der Waals surface area contributed by atoms with Crippen molar-refractivity contribution in [3.05, 3.63) is 88.3 Å². The zero-order valence-corrected chi connectivity index (χ0v) is 18.2. The van der Waals surface area contributed by atoms with Crippen LogP contribution in [0.1, 0.15) is 37.7 Å². The van der Waals surface area contributed by atoms with Crippen LogP contribution < -0.4 is 0 Å². The van der Waals surface area contributed by atoms with E-state index in [1.54, 1.807) is 47.9 Å². The molecule has 3 aromatic rings. The van der Waals surface area contributed by atoms with Gasteiger partial charge in [-0.25, -0.2) is 12.8 Å². The van der Waals surface area contributed by atoms with Gasteiger partial charge in [0.2, 0.25) is 9.84 Å². The summed E-state index contributed by atoms with van der Waals surface area (Å²) >= 11 is 0. The van der Waals surface area contributed by atoms with Crippen molar-refractivity contribution in [2.24, 2.45) is 0 Å². The van der Waals surface area contributed by atoms with Gasteiger partial charge in [0.25, 0.3) is 0 Å². The van der Waals surface area contributed by atoms with Crippen LogP contribution in [0.15, 0.2) is 70.5 Å². The number of rotatable bonds is 4. The lowest BCUT2D eigenvalue weighted by Crippen LogP contribution is -2.17. The van der Waals surface area contributed by atoms with Crippen LogP contribution in [-0.2, 0) is 15.3 Å². The van der Waals surface area contributed by atoms with Gasteiger partial charge < -0.3 is 4.57 Å². The Kier molecular flexibility index (Phi) is 5.69. The lowest BCUT2D eigenvalue weighted by atomic mass is 9.91. The topological polar surface area (TPSA) is 62.9 Å². The largest absolute Gasteiger partial charge is 0.314 e. The molecule has 0 fully saturated rings. The van der Waals surface area contributed by atoms with E-state index >= 15 is 0 Å². The fourth-order valence-corrected chi connectivity index (χ4v) is 4.48. The van der Waals surface area contributed by atoms with E-state index in [1.165, 1.54) is 24.3 Å². The third-order valence-electron chi connectivity index (χ3n) is 4.89. The molecule has 4 nitrogen and oxygen atoms in total. The van der Waals surface area contributed by atoms with Crippen molar-refractivity contribution in [2.75, 3.05) is 0 Å². The Morgan fingerprint density at radius 3 is 2.23 bits per heavy atom. The monoisotopic (exact) mass is 422 g/mol. The molecular weight excluding hydrogens is 399 g/mol. The van der Waals surface area contributed by atoms with Crippen molar-refractivity contribution in [2.45, 2.75) is 38.0 Å². The van der Waals surface area contributed by atoms with Crippen molar-refractivity contribution >= 4 is 15.9 Å². The van der Waals surface area contributed by atoms with Gasteiger partial charge >= 0.3 is 0 Å². The first kappa shape index (κ1) is 21.5. The first-order valence-corrected chi connectivity index (χ1v) is 11.0. The number of halogens is 1. The summed E-state index contributed by atoms with van der Waals surface area (Å²) in [5.41, 5.74) is 2.06. The number of nitriles is 1. The molecule has 0 saturated heterocycles. The summed E-state index contributed by atoms with van der Waals surface area (Å²) in [5, 5.41) is 9.61. The highest BCUT2D eigenvalue weighted by Crippen LogP contribution is 2.33. The number of hydrogen-bond donors (Lipinski definition) is 0. The molecule has 0 saturated carbocycles. The van der Waals surface area contributed by atoms with Gasteiger partial charge in [-0.05, 0) is 48.9 Å². The molecular formula is C24H23FN2O2S.